The van der Waals surface area contributed by atoms with Gasteiger partial charge in [-0.25, -0.2) is 20.0 Å². The van der Waals surface area contributed by atoms with E-state index in [1.807, 2.05) is 69.2 Å². The zero-order chi connectivity index (χ0) is 38.9. The average molecular weight is 771 g/mol. The Morgan fingerprint density at radius 2 is 1.15 bits per heavy atom. The molecule has 0 aliphatic carbocycles. The van der Waals surface area contributed by atoms with Gasteiger partial charge in [-0.2, -0.15) is 0 Å². The maximum Gasteiger partial charge on any atom is 0.271 e. The van der Waals surface area contributed by atoms with Gasteiger partial charge in [-0.1, -0.05) is 68.2 Å². The van der Waals surface area contributed by atoms with E-state index in [2.05, 4.69) is 26.3 Å². The van der Waals surface area contributed by atoms with Crippen LogP contribution in [0.5, 0.6) is 0 Å². The van der Waals surface area contributed by atoms with E-state index in [0.717, 1.165) is 0 Å². The van der Waals surface area contributed by atoms with E-state index in [4.69, 9.17) is 24.4 Å². The zero-order valence-electron chi connectivity index (χ0n) is 32.5. The molecule has 0 saturated heterocycles. The first-order valence-corrected chi connectivity index (χ1v) is 20.3. The first kappa shape index (κ1) is 40.3. The Bertz CT molecular complexity index is 1770. The van der Waals surface area contributed by atoms with Crippen LogP contribution in [0.4, 0.5) is 0 Å². The minimum absolute atomic E-state index is 0.0254. The first-order chi connectivity index (χ1) is 25.0. The van der Waals surface area contributed by atoms with Crippen LogP contribution in [-0.4, -0.2) is 82.3 Å². The number of fused-ring (bicyclic) bond motifs is 6. The summed E-state index contributed by atoms with van der Waals surface area (Å²) in [6.45, 7) is 21.4. The van der Waals surface area contributed by atoms with Crippen LogP contribution < -0.4 is 21.3 Å². The lowest BCUT2D eigenvalue weighted by Crippen LogP contribution is -2.46. The van der Waals surface area contributed by atoms with Crippen LogP contribution in [0.15, 0.2) is 9.98 Å². The van der Waals surface area contributed by atoms with Crippen LogP contribution in [0.25, 0.3) is 0 Å². The summed E-state index contributed by atoms with van der Waals surface area (Å²) in [6, 6.07) is -3.90. The highest BCUT2D eigenvalue weighted by Crippen LogP contribution is 2.32. The van der Waals surface area contributed by atoms with Gasteiger partial charge in [0.25, 0.3) is 11.8 Å². The number of rotatable bonds is 6. The van der Waals surface area contributed by atoms with Crippen molar-refractivity contribution in [3.05, 3.63) is 31.2 Å². The highest BCUT2D eigenvalue weighted by Gasteiger charge is 2.41. The number of aliphatic imine (C=N–C) groups is 2. The van der Waals surface area contributed by atoms with Gasteiger partial charge in [0, 0.05) is 9.75 Å². The SMILES string of the molecule is CC[C@H](C)[C@@H]1NC(=O)c2nc(sc2C)[C@@H](C(C)C)NC(=O)C2N=C(O[C@@H]2C)[C@H]([C@@H](C)CC)NC(=O)c2nc(sc2C)[C@@H](C(C)C)NC(=O)C2COC1=N2. The number of nitrogens with zero attached hydrogens (tertiary/aromatic N) is 4. The molecule has 5 heterocycles. The number of hydrogen-bond donors (Lipinski definition) is 4. The van der Waals surface area contributed by atoms with Crippen molar-refractivity contribution in [1.82, 2.24) is 31.2 Å². The van der Waals surface area contributed by atoms with E-state index < -0.39 is 54.2 Å². The normalized spacial score (nSPS) is 28.1. The smallest absolute Gasteiger partial charge is 0.271 e. The van der Waals surface area contributed by atoms with Crippen molar-refractivity contribution in [3.63, 3.8) is 0 Å². The third-order valence-electron chi connectivity index (χ3n) is 10.3. The van der Waals surface area contributed by atoms with Gasteiger partial charge >= 0.3 is 0 Å². The molecule has 0 aromatic carbocycles. The molecule has 4 N–H and O–H groups in total. The summed E-state index contributed by atoms with van der Waals surface area (Å²) >= 11 is 2.70. The zero-order valence-corrected chi connectivity index (χ0v) is 34.2. The predicted octanol–water partition coefficient (Wildman–Crippen LogP) is 4.83. The van der Waals surface area contributed by atoms with Crippen molar-refractivity contribution in [3.8, 4) is 0 Å². The Hall–Kier alpha value is -3.92. The fourth-order valence-corrected chi connectivity index (χ4v) is 8.76. The Balaban J connectivity index is 1.57. The minimum atomic E-state index is -0.862. The molecule has 3 aliphatic rings. The van der Waals surface area contributed by atoms with Crippen LogP contribution >= 0.6 is 22.7 Å². The minimum Gasteiger partial charge on any atom is -0.477 e. The van der Waals surface area contributed by atoms with E-state index in [-0.39, 0.29) is 65.3 Å². The Morgan fingerprint density at radius 1 is 0.679 bits per heavy atom. The molecule has 8 bridgehead atoms. The maximum atomic E-state index is 13.9. The van der Waals surface area contributed by atoms with Gasteiger partial charge in [0.1, 0.15) is 46.2 Å². The number of amides is 4. The largest absolute Gasteiger partial charge is 0.477 e. The van der Waals surface area contributed by atoms with Crippen molar-refractivity contribution in [1.29, 1.82) is 0 Å². The van der Waals surface area contributed by atoms with Gasteiger partial charge in [-0.15, -0.1) is 22.7 Å². The molecule has 3 aliphatic heterocycles. The number of ether oxygens (including phenoxy) is 2. The molecule has 0 radical (unpaired) electrons. The van der Waals surface area contributed by atoms with Crippen molar-refractivity contribution in [2.75, 3.05) is 6.61 Å². The molecule has 5 rings (SSSR count). The van der Waals surface area contributed by atoms with E-state index in [1.165, 1.54) is 22.7 Å². The number of aryl methyl sites for hydroxylation is 2. The van der Waals surface area contributed by atoms with Crippen LogP contribution in [0, 0.1) is 37.5 Å². The molecule has 14 nitrogen and oxygen atoms in total. The lowest BCUT2D eigenvalue weighted by atomic mass is 9.98. The summed E-state index contributed by atoms with van der Waals surface area (Å²) in [5, 5.41) is 13.6. The van der Waals surface area contributed by atoms with E-state index >= 15 is 0 Å². The first-order valence-electron chi connectivity index (χ1n) is 18.7. The Labute approximate surface area is 319 Å². The van der Waals surface area contributed by atoms with E-state index in [0.29, 0.717) is 32.6 Å². The summed E-state index contributed by atoms with van der Waals surface area (Å²) < 4.78 is 12.2. The molecule has 0 fully saturated rings. The molecule has 2 aromatic rings. The molecule has 53 heavy (non-hydrogen) atoms. The number of aromatic nitrogens is 2. The molecule has 16 heteroatoms. The highest BCUT2D eigenvalue weighted by molar-refractivity contribution is 7.12. The number of thiazole rings is 2. The number of nitrogens with one attached hydrogen (secondary N) is 4. The summed E-state index contributed by atoms with van der Waals surface area (Å²) in [6.07, 6.45) is 0.840. The van der Waals surface area contributed by atoms with Gasteiger partial charge in [0.15, 0.2) is 12.1 Å². The van der Waals surface area contributed by atoms with Crippen molar-refractivity contribution < 1.29 is 28.7 Å². The average Bonchev–Trinajstić information content (AvgIpc) is 3.92. The van der Waals surface area contributed by atoms with Crippen molar-refractivity contribution in [2.24, 2.45) is 33.7 Å². The molecule has 290 valence electrons. The fraction of sp³-hybridized carbons (Fsp3) is 0.676. The predicted molar refractivity (Wildman–Crippen MR) is 206 cm³/mol. The molecular weight excluding hydrogens is 717 g/mol. The molecule has 0 saturated carbocycles. The molecule has 2 unspecified atom stereocenters. The van der Waals surface area contributed by atoms with Crippen LogP contribution in [-0.2, 0) is 19.1 Å². The van der Waals surface area contributed by atoms with E-state index in [1.54, 1.807) is 6.92 Å². The number of hydrogen-bond acceptors (Lipinski definition) is 12. The molecule has 9 atom stereocenters. The monoisotopic (exact) mass is 770 g/mol. The second kappa shape index (κ2) is 16.6. The third kappa shape index (κ3) is 8.58. The lowest BCUT2D eigenvalue weighted by Gasteiger charge is -2.24. The van der Waals surface area contributed by atoms with Crippen LogP contribution in [0.3, 0.4) is 0 Å². The summed E-state index contributed by atoms with van der Waals surface area (Å²) in [5.74, 6) is -1.13. The number of carbonyl (C=O) groups is 4. The second-order valence-electron chi connectivity index (χ2n) is 15.1. The number of carbonyl (C=O) groups excluding carboxylic acids is 4. The highest BCUT2D eigenvalue weighted by atomic mass is 32.1. The van der Waals surface area contributed by atoms with Gasteiger partial charge in [-0.05, 0) is 44.4 Å². The van der Waals surface area contributed by atoms with Gasteiger partial charge in [0.05, 0.1) is 12.1 Å². The quantitative estimate of drug-likeness (QED) is 0.322. The fourth-order valence-electron chi connectivity index (χ4n) is 6.47. The molecule has 4 amide bonds. The summed E-state index contributed by atoms with van der Waals surface area (Å²) in [4.78, 5) is 75.6. The van der Waals surface area contributed by atoms with Gasteiger partial charge in [-0.3, -0.25) is 19.2 Å². The van der Waals surface area contributed by atoms with Gasteiger partial charge < -0.3 is 30.7 Å². The van der Waals surface area contributed by atoms with E-state index in [9.17, 15) is 19.2 Å². The lowest BCUT2D eigenvalue weighted by molar-refractivity contribution is -0.125. The van der Waals surface area contributed by atoms with Crippen LogP contribution in [0.1, 0.15) is 128 Å². The molecular formula is C37H54N8O6S2. The second-order valence-corrected chi connectivity index (χ2v) is 17.5. The van der Waals surface area contributed by atoms with Gasteiger partial charge in [0.2, 0.25) is 23.6 Å². The molecule has 0 spiro atoms. The molecule has 2 aromatic heterocycles. The van der Waals surface area contributed by atoms with Crippen LogP contribution in [0.2, 0.25) is 0 Å². The Kier molecular flexibility index (Phi) is 12.6. The van der Waals surface area contributed by atoms with Crippen molar-refractivity contribution in [2.45, 2.75) is 131 Å². The Morgan fingerprint density at radius 3 is 1.62 bits per heavy atom. The maximum absolute atomic E-state index is 13.9. The topological polar surface area (TPSA) is 185 Å². The summed E-state index contributed by atoms with van der Waals surface area (Å²) in [5.41, 5.74) is 0.506. The van der Waals surface area contributed by atoms with Crippen molar-refractivity contribution >= 4 is 58.1 Å². The standard InChI is InChI=1S/C37H54N8O6S2/c1-12-17(7)25-34-38-22(14-50-34)30(46)39-23(15(3)4)36-44-29(21(11)52-36)33(49)42-26(18(8)13-2)35-43-27(19(9)51-35)31(47)40-24(16(5)6)37-45-28(20(10)53-37)32(48)41-25/h15-19,22-27H,12-14H2,1-11H3,(H,39,46)(H,40,47)(H,41,48)(H,42,49)/t17-,18-,19+,22?,23+,24+,25-,26-,27?/m0/s1. The third-order valence-corrected chi connectivity index (χ3v) is 12.4. The summed E-state index contributed by atoms with van der Waals surface area (Å²) in [7, 11) is 0.